The molecule has 178 valence electrons. The number of anilines is 2. The highest BCUT2D eigenvalue weighted by Gasteiger charge is 2.19. The summed E-state index contributed by atoms with van der Waals surface area (Å²) in [7, 11) is 3.12. The van der Waals surface area contributed by atoms with E-state index in [4.69, 9.17) is 21.1 Å². The van der Waals surface area contributed by atoms with Gasteiger partial charge in [-0.3, -0.25) is 14.3 Å². The maximum absolute atomic E-state index is 12.7. The molecule has 1 unspecified atom stereocenters. The number of rotatable bonds is 8. The van der Waals surface area contributed by atoms with Gasteiger partial charge in [0.15, 0.2) is 0 Å². The Morgan fingerprint density at radius 1 is 1.06 bits per heavy atom. The van der Waals surface area contributed by atoms with Crippen molar-refractivity contribution in [2.45, 2.75) is 26.8 Å². The summed E-state index contributed by atoms with van der Waals surface area (Å²) in [5.41, 5.74) is 3.40. The minimum absolute atomic E-state index is 0.249. The molecule has 0 saturated heterocycles. The number of ether oxygens (including phenoxy) is 2. The van der Waals surface area contributed by atoms with Crippen LogP contribution in [0.4, 0.5) is 11.4 Å². The highest BCUT2D eigenvalue weighted by Crippen LogP contribution is 2.28. The number of amides is 2. The van der Waals surface area contributed by atoms with E-state index in [9.17, 15) is 9.59 Å². The van der Waals surface area contributed by atoms with Crippen molar-refractivity contribution >= 4 is 40.9 Å². The fourth-order valence-electron chi connectivity index (χ4n) is 3.39. The number of methoxy groups -OCH3 is 2. The van der Waals surface area contributed by atoms with Gasteiger partial charge in [-0.25, -0.2) is 0 Å². The normalized spacial score (nSPS) is 11.8. The van der Waals surface area contributed by atoms with Crippen LogP contribution < -0.4 is 20.1 Å². The first-order valence-electron chi connectivity index (χ1n) is 10.6. The molecule has 0 aliphatic carbocycles. The molecule has 8 nitrogen and oxygen atoms in total. The molecule has 3 rings (SSSR count). The number of hydrogen-bond donors (Lipinski definition) is 2. The summed E-state index contributed by atoms with van der Waals surface area (Å²) in [5.74, 6) is 0.649. The molecule has 34 heavy (non-hydrogen) atoms. The van der Waals surface area contributed by atoms with E-state index in [1.165, 1.54) is 6.08 Å². The molecule has 0 bridgehead atoms. The van der Waals surface area contributed by atoms with E-state index in [1.807, 2.05) is 19.9 Å². The van der Waals surface area contributed by atoms with E-state index in [0.717, 1.165) is 17.0 Å². The predicted octanol–water partition coefficient (Wildman–Crippen LogP) is 5.02. The van der Waals surface area contributed by atoms with Gasteiger partial charge < -0.3 is 20.1 Å². The fourth-order valence-corrected chi connectivity index (χ4v) is 3.61. The summed E-state index contributed by atoms with van der Waals surface area (Å²) < 4.78 is 12.2. The van der Waals surface area contributed by atoms with E-state index in [0.29, 0.717) is 27.9 Å². The van der Waals surface area contributed by atoms with Crippen LogP contribution in [0, 0.1) is 13.8 Å². The molecular weight excluding hydrogens is 456 g/mol. The van der Waals surface area contributed by atoms with Crippen molar-refractivity contribution in [1.29, 1.82) is 0 Å². The number of hydrogen-bond acceptors (Lipinski definition) is 5. The van der Waals surface area contributed by atoms with Crippen molar-refractivity contribution in [1.82, 2.24) is 9.78 Å². The van der Waals surface area contributed by atoms with Crippen LogP contribution in [-0.2, 0) is 9.59 Å². The van der Waals surface area contributed by atoms with E-state index < -0.39 is 6.04 Å². The first kappa shape index (κ1) is 24.9. The average molecular weight is 483 g/mol. The van der Waals surface area contributed by atoms with Crippen LogP contribution in [0.15, 0.2) is 48.5 Å². The number of halogens is 1. The zero-order chi connectivity index (χ0) is 24.8. The Kier molecular flexibility index (Phi) is 7.96. The van der Waals surface area contributed by atoms with Crippen molar-refractivity contribution in [3.8, 4) is 11.5 Å². The van der Waals surface area contributed by atoms with Gasteiger partial charge in [0.1, 0.15) is 17.5 Å². The Balaban J connectivity index is 1.64. The van der Waals surface area contributed by atoms with Crippen LogP contribution in [-0.4, -0.2) is 35.8 Å². The first-order chi connectivity index (χ1) is 16.2. The van der Waals surface area contributed by atoms with E-state index in [2.05, 4.69) is 15.7 Å². The van der Waals surface area contributed by atoms with Gasteiger partial charge in [0.25, 0.3) is 0 Å². The van der Waals surface area contributed by atoms with Gasteiger partial charge in [-0.2, -0.15) is 5.10 Å². The second-order valence-corrected chi connectivity index (χ2v) is 8.07. The van der Waals surface area contributed by atoms with Crippen molar-refractivity contribution in [3.63, 3.8) is 0 Å². The van der Waals surface area contributed by atoms with Crippen LogP contribution in [0.25, 0.3) is 6.08 Å². The molecule has 0 aliphatic heterocycles. The third-order valence-corrected chi connectivity index (χ3v) is 5.45. The molecule has 1 aromatic heterocycles. The first-order valence-corrected chi connectivity index (χ1v) is 10.9. The minimum Gasteiger partial charge on any atom is -0.497 e. The van der Waals surface area contributed by atoms with Gasteiger partial charge in [-0.15, -0.1) is 0 Å². The predicted molar refractivity (Wildman–Crippen MR) is 134 cm³/mol. The van der Waals surface area contributed by atoms with Crippen molar-refractivity contribution < 1.29 is 19.1 Å². The molecule has 0 saturated carbocycles. The van der Waals surface area contributed by atoms with E-state index in [-0.39, 0.29) is 11.8 Å². The number of aryl methyl sites for hydroxylation is 2. The van der Waals surface area contributed by atoms with Gasteiger partial charge in [0.05, 0.1) is 30.6 Å². The van der Waals surface area contributed by atoms with Crippen molar-refractivity contribution in [3.05, 3.63) is 70.5 Å². The summed E-state index contributed by atoms with van der Waals surface area (Å²) in [6.45, 7) is 5.54. The summed E-state index contributed by atoms with van der Waals surface area (Å²) in [5, 5.41) is 10.2. The summed E-state index contributed by atoms with van der Waals surface area (Å²) in [6, 6.07) is 11.6. The Morgan fingerprint density at radius 2 is 1.82 bits per heavy atom. The van der Waals surface area contributed by atoms with Gasteiger partial charge in [-0.1, -0.05) is 11.6 Å². The molecule has 1 atom stereocenters. The number of nitrogens with zero attached hydrogens (tertiary/aromatic N) is 2. The Hall–Kier alpha value is -3.78. The number of carbonyl (C=O) groups is 2. The zero-order valence-electron chi connectivity index (χ0n) is 19.7. The minimum atomic E-state index is -0.510. The van der Waals surface area contributed by atoms with E-state index in [1.54, 1.807) is 68.3 Å². The Labute approximate surface area is 203 Å². The maximum atomic E-state index is 12.7. The molecule has 0 spiro atoms. The molecule has 2 aromatic carbocycles. The largest absolute Gasteiger partial charge is 0.497 e. The molecule has 2 amide bonds. The lowest BCUT2D eigenvalue weighted by Gasteiger charge is -2.15. The topological polar surface area (TPSA) is 94.5 Å². The molecule has 1 heterocycles. The fraction of sp³-hybridized carbons (Fsp3) is 0.240. The second-order valence-electron chi connectivity index (χ2n) is 7.66. The highest BCUT2D eigenvalue weighted by molar-refractivity contribution is 6.34. The molecule has 3 aromatic rings. The number of carbonyl (C=O) groups excluding carboxylic acids is 2. The lowest BCUT2D eigenvalue weighted by Crippen LogP contribution is -2.25. The van der Waals surface area contributed by atoms with Crippen LogP contribution in [0.2, 0.25) is 5.02 Å². The smallest absolute Gasteiger partial charge is 0.248 e. The zero-order valence-corrected chi connectivity index (χ0v) is 20.4. The number of aromatic nitrogens is 2. The Morgan fingerprint density at radius 3 is 2.44 bits per heavy atom. The molecular formula is C25H27ClN4O4. The van der Waals surface area contributed by atoms with Gasteiger partial charge in [-0.05, 0) is 63.2 Å². The van der Waals surface area contributed by atoms with Crippen LogP contribution >= 0.6 is 11.6 Å². The quantitative estimate of drug-likeness (QED) is 0.439. The molecule has 0 aliphatic rings. The maximum Gasteiger partial charge on any atom is 0.248 e. The average Bonchev–Trinajstić information content (AvgIpc) is 3.16. The van der Waals surface area contributed by atoms with Gasteiger partial charge >= 0.3 is 0 Å². The van der Waals surface area contributed by atoms with Crippen LogP contribution in [0.1, 0.15) is 29.9 Å². The van der Waals surface area contributed by atoms with Gasteiger partial charge in [0, 0.05) is 29.1 Å². The van der Waals surface area contributed by atoms with Crippen molar-refractivity contribution in [2.75, 3.05) is 24.9 Å². The summed E-state index contributed by atoms with van der Waals surface area (Å²) in [6.07, 6.45) is 3.04. The van der Waals surface area contributed by atoms with Crippen molar-refractivity contribution in [2.24, 2.45) is 0 Å². The monoisotopic (exact) mass is 482 g/mol. The second kappa shape index (κ2) is 10.9. The standard InChI is InChI=1S/C25H27ClN4O4/c1-15-12-16(2)30(29-15)17(3)25(32)28-22-10-8-19(13-21(22)26)27-24(31)11-7-18-6-9-20(33-4)14-23(18)34-5/h6-14,17H,1-5H3,(H,27,31)(H,28,32)/b11-7+. The van der Waals surface area contributed by atoms with Crippen LogP contribution in [0.3, 0.4) is 0 Å². The third kappa shape index (κ3) is 5.96. The third-order valence-electron chi connectivity index (χ3n) is 5.14. The lowest BCUT2D eigenvalue weighted by molar-refractivity contribution is -0.119. The lowest BCUT2D eigenvalue weighted by atomic mass is 10.1. The number of nitrogens with one attached hydrogen (secondary N) is 2. The van der Waals surface area contributed by atoms with E-state index >= 15 is 0 Å². The summed E-state index contributed by atoms with van der Waals surface area (Å²) >= 11 is 6.35. The summed E-state index contributed by atoms with van der Waals surface area (Å²) in [4.78, 5) is 25.1. The molecule has 2 N–H and O–H groups in total. The SMILES string of the molecule is COc1ccc(/C=C/C(=O)Nc2ccc(NC(=O)C(C)n3nc(C)cc3C)c(Cl)c2)c(OC)c1. The van der Waals surface area contributed by atoms with Gasteiger partial charge in [0.2, 0.25) is 11.8 Å². The molecule has 9 heteroatoms. The number of benzene rings is 2. The van der Waals surface area contributed by atoms with Crippen LogP contribution in [0.5, 0.6) is 11.5 Å². The Bertz CT molecular complexity index is 1240. The molecule has 0 fully saturated rings. The highest BCUT2D eigenvalue weighted by atomic mass is 35.5. The molecule has 0 radical (unpaired) electrons.